The predicted molar refractivity (Wildman–Crippen MR) is 200 cm³/mol. The van der Waals surface area contributed by atoms with Crippen molar-refractivity contribution in [2.24, 2.45) is 0 Å². The van der Waals surface area contributed by atoms with E-state index in [0.717, 1.165) is 43.6 Å². The summed E-state index contributed by atoms with van der Waals surface area (Å²) in [6.07, 6.45) is 50.3. The van der Waals surface area contributed by atoms with Crippen LogP contribution in [0.15, 0.2) is 48.6 Å². The van der Waals surface area contributed by atoms with E-state index in [1.807, 2.05) is 0 Å². The molecular formula is C42H78NO2+. The number of likely N-dealkylation sites (tertiary alicyclic amines) is 1. The first kappa shape index (κ1) is 41.9. The van der Waals surface area contributed by atoms with Gasteiger partial charge in [0.2, 0.25) is 0 Å². The van der Waals surface area contributed by atoms with E-state index in [-0.39, 0.29) is 12.2 Å². The molecule has 2 unspecified atom stereocenters. The van der Waals surface area contributed by atoms with Crippen LogP contribution in [0, 0.1) is 0 Å². The van der Waals surface area contributed by atoms with Crippen LogP contribution in [0.4, 0.5) is 0 Å². The monoisotopic (exact) mass is 629 g/mol. The molecule has 0 aromatic heterocycles. The fourth-order valence-electron chi connectivity index (χ4n) is 6.25. The minimum Gasteiger partial charge on any atom is -0.369 e. The van der Waals surface area contributed by atoms with E-state index < -0.39 is 0 Å². The Balaban J connectivity index is 1.96. The average molecular weight is 629 g/mol. The smallest absolute Gasteiger partial charge is 0.138 e. The lowest BCUT2D eigenvalue weighted by molar-refractivity contribution is -0.880. The van der Waals surface area contributed by atoms with Gasteiger partial charge in [-0.05, 0) is 77.0 Å². The molecule has 3 nitrogen and oxygen atoms in total. The lowest BCUT2D eigenvalue weighted by Gasteiger charge is -2.22. The molecule has 0 N–H and O–H groups in total. The van der Waals surface area contributed by atoms with Gasteiger partial charge in [-0.25, -0.2) is 0 Å². The SMILES string of the molecule is CCCCC/C=C\C/C=C\CCCCCCCCOC1C[N+](C)(C)CC1OCCCCCCCC/C=C\C/C=C\CCCCC. The Bertz CT molecular complexity index is 677. The Morgan fingerprint density at radius 2 is 0.733 bits per heavy atom. The van der Waals surface area contributed by atoms with Gasteiger partial charge in [-0.1, -0.05) is 140 Å². The second kappa shape index (κ2) is 31.4. The number of ether oxygens (including phenoxy) is 2. The van der Waals surface area contributed by atoms with Crippen LogP contribution in [0.3, 0.4) is 0 Å². The number of rotatable bonds is 32. The van der Waals surface area contributed by atoms with Gasteiger partial charge in [0.1, 0.15) is 25.3 Å². The van der Waals surface area contributed by atoms with Gasteiger partial charge in [-0.2, -0.15) is 0 Å². The Morgan fingerprint density at radius 3 is 1.09 bits per heavy atom. The Labute approximate surface area is 282 Å². The maximum absolute atomic E-state index is 6.39. The zero-order chi connectivity index (χ0) is 32.5. The predicted octanol–water partition coefficient (Wildman–Crippen LogP) is 12.5. The summed E-state index contributed by atoms with van der Waals surface area (Å²) in [5, 5.41) is 0. The van der Waals surface area contributed by atoms with E-state index in [2.05, 4.69) is 76.6 Å². The summed E-state index contributed by atoms with van der Waals surface area (Å²) in [7, 11) is 4.64. The molecule has 1 heterocycles. The van der Waals surface area contributed by atoms with Gasteiger partial charge in [0.15, 0.2) is 0 Å². The minimum atomic E-state index is 0.266. The topological polar surface area (TPSA) is 18.5 Å². The molecule has 1 saturated heterocycles. The molecule has 0 radical (unpaired) electrons. The highest BCUT2D eigenvalue weighted by Gasteiger charge is 2.41. The first-order chi connectivity index (χ1) is 22.1. The van der Waals surface area contributed by atoms with Crippen molar-refractivity contribution < 1.29 is 14.0 Å². The molecule has 262 valence electrons. The van der Waals surface area contributed by atoms with Gasteiger partial charge in [0.05, 0.1) is 14.1 Å². The van der Waals surface area contributed by atoms with Crippen molar-refractivity contribution in [3.05, 3.63) is 48.6 Å². The lowest BCUT2D eigenvalue weighted by Crippen LogP contribution is -2.38. The van der Waals surface area contributed by atoms with Gasteiger partial charge in [-0.3, -0.25) is 0 Å². The molecule has 1 aliphatic rings. The Morgan fingerprint density at radius 1 is 0.422 bits per heavy atom. The van der Waals surface area contributed by atoms with Crippen LogP contribution in [0.2, 0.25) is 0 Å². The Hall–Kier alpha value is -1.16. The van der Waals surface area contributed by atoms with Gasteiger partial charge >= 0.3 is 0 Å². The quantitative estimate of drug-likeness (QED) is 0.0419. The normalized spacial score (nSPS) is 18.6. The molecule has 1 aliphatic heterocycles. The van der Waals surface area contributed by atoms with Gasteiger partial charge in [-0.15, -0.1) is 0 Å². The number of nitrogens with zero attached hydrogens (tertiary/aromatic N) is 1. The number of quaternary nitrogens is 1. The summed E-state index contributed by atoms with van der Waals surface area (Å²) in [6, 6.07) is 0. The fraction of sp³-hybridized carbons (Fsp3) is 0.810. The molecule has 0 spiro atoms. The van der Waals surface area contributed by atoms with E-state index in [4.69, 9.17) is 9.47 Å². The average Bonchev–Trinajstić information content (AvgIpc) is 3.32. The Kier molecular flexibility index (Phi) is 29.2. The van der Waals surface area contributed by atoms with Crippen molar-refractivity contribution in [2.45, 2.75) is 180 Å². The minimum absolute atomic E-state index is 0.266. The summed E-state index contributed by atoms with van der Waals surface area (Å²) in [6.45, 7) is 8.48. The first-order valence-corrected chi connectivity index (χ1v) is 19.7. The van der Waals surface area contributed by atoms with E-state index in [9.17, 15) is 0 Å². The maximum Gasteiger partial charge on any atom is 0.138 e. The van der Waals surface area contributed by atoms with Crippen molar-refractivity contribution in [3.63, 3.8) is 0 Å². The van der Waals surface area contributed by atoms with Crippen LogP contribution in [0.1, 0.15) is 168 Å². The molecule has 0 aromatic rings. The summed E-state index contributed by atoms with van der Waals surface area (Å²) in [4.78, 5) is 0. The summed E-state index contributed by atoms with van der Waals surface area (Å²) in [5.41, 5.74) is 0. The van der Waals surface area contributed by atoms with Crippen LogP contribution in [0.5, 0.6) is 0 Å². The third-order valence-corrected chi connectivity index (χ3v) is 9.12. The molecule has 1 fully saturated rings. The van der Waals surface area contributed by atoms with Crippen LogP contribution in [-0.4, -0.2) is 57.1 Å². The van der Waals surface area contributed by atoms with Gasteiger partial charge in [0, 0.05) is 13.2 Å². The van der Waals surface area contributed by atoms with E-state index in [1.54, 1.807) is 0 Å². The number of unbranched alkanes of at least 4 members (excludes halogenated alkanes) is 18. The molecular weight excluding hydrogens is 550 g/mol. The molecule has 2 atom stereocenters. The largest absolute Gasteiger partial charge is 0.369 e. The van der Waals surface area contributed by atoms with Crippen LogP contribution < -0.4 is 0 Å². The lowest BCUT2D eigenvalue weighted by atomic mass is 10.1. The first-order valence-electron chi connectivity index (χ1n) is 19.7. The van der Waals surface area contributed by atoms with E-state index in [1.165, 1.54) is 141 Å². The summed E-state index contributed by atoms with van der Waals surface area (Å²) in [5.74, 6) is 0. The van der Waals surface area contributed by atoms with Crippen molar-refractivity contribution in [1.82, 2.24) is 0 Å². The van der Waals surface area contributed by atoms with E-state index in [0.29, 0.717) is 0 Å². The maximum atomic E-state index is 6.39. The number of hydrogen-bond donors (Lipinski definition) is 0. The molecule has 0 aromatic carbocycles. The third kappa shape index (κ3) is 27.6. The number of allylic oxidation sites excluding steroid dienone is 8. The molecule has 0 saturated carbocycles. The highest BCUT2D eigenvalue weighted by Crippen LogP contribution is 2.22. The van der Waals surface area contributed by atoms with Crippen molar-refractivity contribution in [1.29, 1.82) is 0 Å². The van der Waals surface area contributed by atoms with Gasteiger partial charge in [0.25, 0.3) is 0 Å². The van der Waals surface area contributed by atoms with Crippen LogP contribution in [-0.2, 0) is 9.47 Å². The standard InChI is InChI=1S/C42H78NO2/c1-5-7-9-11-13-15-17-19-21-23-25-27-29-31-33-35-37-44-41-39-43(3,4)40-42(41)45-38-36-34-32-30-28-26-24-22-20-18-16-14-12-10-8-6-2/h13-16,19-22,41-42H,5-12,17-18,23-40H2,1-4H3/q+1/b15-13-,16-14-,21-19-,22-20-. The summed E-state index contributed by atoms with van der Waals surface area (Å²) >= 11 is 0. The van der Waals surface area contributed by atoms with Gasteiger partial charge < -0.3 is 14.0 Å². The van der Waals surface area contributed by atoms with Crippen molar-refractivity contribution >= 4 is 0 Å². The second-order valence-electron chi connectivity index (χ2n) is 14.3. The third-order valence-electron chi connectivity index (χ3n) is 9.12. The molecule has 0 amide bonds. The molecule has 3 heteroatoms. The highest BCUT2D eigenvalue weighted by atomic mass is 16.5. The van der Waals surface area contributed by atoms with Crippen molar-refractivity contribution in [2.75, 3.05) is 40.4 Å². The highest BCUT2D eigenvalue weighted by molar-refractivity contribution is 4.93. The van der Waals surface area contributed by atoms with E-state index >= 15 is 0 Å². The number of hydrogen-bond acceptors (Lipinski definition) is 2. The zero-order valence-corrected chi connectivity index (χ0v) is 30.8. The fourth-order valence-corrected chi connectivity index (χ4v) is 6.25. The molecule has 0 aliphatic carbocycles. The molecule has 45 heavy (non-hydrogen) atoms. The van der Waals surface area contributed by atoms with Crippen molar-refractivity contribution in [3.8, 4) is 0 Å². The number of likely N-dealkylation sites (N-methyl/N-ethyl adjacent to an activating group) is 1. The molecule has 0 bridgehead atoms. The van der Waals surface area contributed by atoms with Crippen LogP contribution >= 0.6 is 0 Å². The zero-order valence-electron chi connectivity index (χ0n) is 30.8. The summed E-state index contributed by atoms with van der Waals surface area (Å²) < 4.78 is 13.8. The van der Waals surface area contributed by atoms with Crippen LogP contribution in [0.25, 0.3) is 0 Å². The second-order valence-corrected chi connectivity index (χ2v) is 14.3. The molecule has 1 rings (SSSR count).